The maximum absolute atomic E-state index is 12.2. The molecule has 0 N–H and O–H groups in total. The topological polar surface area (TPSA) is 88.4 Å². The highest BCUT2D eigenvalue weighted by molar-refractivity contribution is 7.89. The van der Waals surface area contributed by atoms with Gasteiger partial charge in [0, 0.05) is 32.6 Å². The lowest BCUT2D eigenvalue weighted by Gasteiger charge is -2.32. The number of sulfonamides is 1. The van der Waals surface area contributed by atoms with Gasteiger partial charge < -0.3 is 4.90 Å². The molecule has 0 saturated carbocycles. The van der Waals surface area contributed by atoms with Crippen LogP contribution in [0.4, 0.5) is 0 Å². The minimum absolute atomic E-state index is 0.0409. The first-order valence-corrected chi connectivity index (χ1v) is 9.27. The van der Waals surface area contributed by atoms with Crippen molar-refractivity contribution in [3.63, 3.8) is 0 Å². The van der Waals surface area contributed by atoms with E-state index in [4.69, 9.17) is 0 Å². The molecule has 9 heteroatoms. The fourth-order valence-corrected chi connectivity index (χ4v) is 4.64. The van der Waals surface area contributed by atoms with Crippen molar-refractivity contribution in [3.8, 4) is 0 Å². The molecule has 2 aliphatic heterocycles. The summed E-state index contributed by atoms with van der Waals surface area (Å²) in [6.07, 6.45) is 5.88. The summed E-state index contributed by atoms with van der Waals surface area (Å²) in [7, 11) is -3.11. The van der Waals surface area contributed by atoms with Gasteiger partial charge in [-0.2, -0.15) is 5.10 Å². The van der Waals surface area contributed by atoms with Crippen LogP contribution >= 0.6 is 0 Å². The van der Waals surface area contributed by atoms with Crippen LogP contribution in [0.25, 0.3) is 0 Å². The summed E-state index contributed by atoms with van der Waals surface area (Å²) in [4.78, 5) is 18.0. The average Bonchev–Trinajstić information content (AvgIpc) is 3.14. The Morgan fingerprint density at radius 1 is 1.23 bits per heavy atom. The van der Waals surface area contributed by atoms with Crippen molar-refractivity contribution in [3.05, 3.63) is 12.7 Å². The molecule has 0 aliphatic carbocycles. The zero-order valence-electron chi connectivity index (χ0n) is 12.5. The highest BCUT2D eigenvalue weighted by Crippen LogP contribution is 2.22. The fraction of sp³-hybridized carbons (Fsp3) is 0.769. The van der Waals surface area contributed by atoms with E-state index in [0.29, 0.717) is 38.6 Å². The molecule has 0 atom stereocenters. The Kier molecular flexibility index (Phi) is 4.44. The van der Waals surface area contributed by atoms with Gasteiger partial charge in [0.05, 0.1) is 11.8 Å². The number of hydrogen-bond acceptors (Lipinski definition) is 5. The number of hydrogen-bond donors (Lipinski definition) is 0. The van der Waals surface area contributed by atoms with Gasteiger partial charge in [-0.05, 0) is 19.3 Å². The second-order valence-corrected chi connectivity index (χ2v) is 7.89. The summed E-state index contributed by atoms with van der Waals surface area (Å²) in [6.45, 7) is 2.24. The minimum atomic E-state index is -3.11. The van der Waals surface area contributed by atoms with Gasteiger partial charge in [-0.15, -0.1) is 0 Å². The van der Waals surface area contributed by atoms with Crippen molar-refractivity contribution < 1.29 is 13.2 Å². The Morgan fingerprint density at radius 2 is 2.00 bits per heavy atom. The van der Waals surface area contributed by atoms with Gasteiger partial charge in [-0.3, -0.25) is 4.79 Å². The van der Waals surface area contributed by atoms with Crippen LogP contribution in [0.2, 0.25) is 0 Å². The molecule has 0 aromatic carbocycles. The molecule has 3 rings (SSSR count). The maximum Gasteiger partial charge on any atom is 0.223 e. The van der Waals surface area contributed by atoms with Gasteiger partial charge in [0.2, 0.25) is 15.9 Å². The number of carbonyl (C=O) groups excluding carboxylic acids is 1. The van der Waals surface area contributed by atoms with Crippen molar-refractivity contribution >= 4 is 15.9 Å². The largest absolute Gasteiger partial charge is 0.343 e. The van der Waals surface area contributed by atoms with E-state index in [9.17, 15) is 13.2 Å². The second kappa shape index (κ2) is 6.33. The smallest absolute Gasteiger partial charge is 0.223 e. The molecule has 2 aliphatic rings. The monoisotopic (exact) mass is 327 g/mol. The molecular formula is C13H21N5O3S. The van der Waals surface area contributed by atoms with E-state index < -0.39 is 10.0 Å². The van der Waals surface area contributed by atoms with Crippen LogP contribution in [0, 0.1) is 0 Å². The molecule has 0 radical (unpaired) electrons. The van der Waals surface area contributed by atoms with E-state index in [1.54, 1.807) is 6.33 Å². The van der Waals surface area contributed by atoms with Crippen molar-refractivity contribution in [2.45, 2.75) is 31.7 Å². The zero-order chi connectivity index (χ0) is 15.6. The fourth-order valence-electron chi connectivity index (χ4n) is 3.11. The van der Waals surface area contributed by atoms with Crippen molar-refractivity contribution in [2.75, 3.05) is 31.9 Å². The Hall–Kier alpha value is -1.48. The summed E-state index contributed by atoms with van der Waals surface area (Å²) in [6, 6.07) is 0.297. The summed E-state index contributed by atoms with van der Waals surface area (Å²) in [5, 5.41) is 4.14. The number of amides is 1. The SMILES string of the molecule is O=C(CCN1CCCS1(=O)=O)N1CCC(n2cncn2)CC1. The quantitative estimate of drug-likeness (QED) is 0.768. The molecule has 2 saturated heterocycles. The zero-order valence-corrected chi connectivity index (χ0v) is 13.3. The van der Waals surface area contributed by atoms with Crippen molar-refractivity contribution in [1.82, 2.24) is 24.0 Å². The maximum atomic E-state index is 12.2. The van der Waals surface area contributed by atoms with Crippen LogP contribution in [0.15, 0.2) is 12.7 Å². The Labute approximate surface area is 130 Å². The number of rotatable bonds is 4. The Morgan fingerprint density at radius 3 is 2.59 bits per heavy atom. The van der Waals surface area contributed by atoms with Crippen LogP contribution < -0.4 is 0 Å². The summed E-state index contributed by atoms with van der Waals surface area (Å²) >= 11 is 0. The number of likely N-dealkylation sites (tertiary alicyclic amines) is 1. The third-order valence-electron chi connectivity index (χ3n) is 4.41. The summed E-state index contributed by atoms with van der Waals surface area (Å²) < 4.78 is 26.7. The van der Waals surface area contributed by atoms with Crippen LogP contribution in [0.3, 0.4) is 0 Å². The van der Waals surface area contributed by atoms with Gasteiger partial charge in [0.25, 0.3) is 0 Å². The van der Waals surface area contributed by atoms with E-state index in [0.717, 1.165) is 12.8 Å². The normalized spacial score (nSPS) is 23.0. The van der Waals surface area contributed by atoms with Crippen LogP contribution in [0.5, 0.6) is 0 Å². The lowest BCUT2D eigenvalue weighted by molar-refractivity contribution is -0.132. The minimum Gasteiger partial charge on any atom is -0.343 e. The van der Waals surface area contributed by atoms with Crippen molar-refractivity contribution in [1.29, 1.82) is 0 Å². The molecule has 3 heterocycles. The van der Waals surface area contributed by atoms with Crippen LogP contribution in [-0.4, -0.2) is 70.2 Å². The molecule has 122 valence electrons. The van der Waals surface area contributed by atoms with Crippen LogP contribution in [0.1, 0.15) is 31.7 Å². The molecule has 2 fully saturated rings. The third-order valence-corrected chi connectivity index (χ3v) is 6.36. The lowest BCUT2D eigenvalue weighted by Crippen LogP contribution is -2.40. The summed E-state index contributed by atoms with van der Waals surface area (Å²) in [5.41, 5.74) is 0. The number of carbonyl (C=O) groups is 1. The van der Waals surface area contributed by atoms with Crippen LogP contribution in [-0.2, 0) is 14.8 Å². The average molecular weight is 327 g/mol. The second-order valence-electron chi connectivity index (χ2n) is 5.81. The molecule has 22 heavy (non-hydrogen) atoms. The lowest BCUT2D eigenvalue weighted by atomic mass is 10.1. The predicted octanol–water partition coefficient (Wildman–Crippen LogP) is -0.133. The summed E-state index contributed by atoms with van der Waals surface area (Å²) in [5.74, 6) is 0.254. The highest BCUT2D eigenvalue weighted by atomic mass is 32.2. The highest BCUT2D eigenvalue weighted by Gasteiger charge is 2.29. The van der Waals surface area contributed by atoms with Crippen molar-refractivity contribution in [2.24, 2.45) is 0 Å². The third kappa shape index (κ3) is 3.30. The predicted molar refractivity (Wildman–Crippen MR) is 79.5 cm³/mol. The standard InChI is InChI=1S/C13H21N5O3S/c19-13(4-8-17-5-1-9-22(17,20)21)16-6-2-12(3-7-16)18-11-14-10-15-18/h10-12H,1-9H2. The van der Waals surface area contributed by atoms with Gasteiger partial charge in [-0.25, -0.2) is 22.4 Å². The number of nitrogens with zero attached hydrogens (tertiary/aromatic N) is 5. The number of piperidine rings is 1. The Bertz CT molecular complexity index is 608. The van der Waals surface area contributed by atoms with E-state index in [2.05, 4.69) is 10.1 Å². The first kappa shape index (κ1) is 15.4. The molecule has 1 aromatic heterocycles. The molecular weight excluding hydrogens is 306 g/mol. The molecule has 1 aromatic rings. The molecule has 1 amide bonds. The van der Waals surface area contributed by atoms with E-state index in [1.165, 1.54) is 10.6 Å². The van der Waals surface area contributed by atoms with Gasteiger partial charge in [0.1, 0.15) is 12.7 Å². The van der Waals surface area contributed by atoms with E-state index in [1.807, 2.05) is 9.58 Å². The first-order chi connectivity index (χ1) is 10.6. The number of aromatic nitrogens is 3. The molecule has 0 spiro atoms. The van der Waals surface area contributed by atoms with E-state index in [-0.39, 0.29) is 18.1 Å². The Balaban J connectivity index is 1.46. The molecule has 0 unspecified atom stereocenters. The first-order valence-electron chi connectivity index (χ1n) is 7.66. The molecule has 0 bridgehead atoms. The van der Waals surface area contributed by atoms with Gasteiger partial charge >= 0.3 is 0 Å². The van der Waals surface area contributed by atoms with Gasteiger partial charge in [-0.1, -0.05) is 0 Å². The van der Waals surface area contributed by atoms with Gasteiger partial charge in [0.15, 0.2) is 0 Å². The van der Waals surface area contributed by atoms with E-state index >= 15 is 0 Å². The molecule has 8 nitrogen and oxygen atoms in total.